The number of aromatic amines is 1. The second-order valence-corrected chi connectivity index (χ2v) is 5.76. The molecule has 1 N–H and O–H groups in total. The fourth-order valence-electron chi connectivity index (χ4n) is 1.92. The Labute approximate surface area is 105 Å². The molecule has 1 aromatic heterocycles. The first kappa shape index (κ1) is 11.6. The number of H-pyrrole nitrogens is 1. The molecule has 0 bridgehead atoms. The van der Waals surface area contributed by atoms with Crippen molar-refractivity contribution >= 4 is 23.6 Å². The molecule has 1 nitrogen and oxygen atoms in total. The molecule has 0 unspecified atom stereocenters. The van der Waals surface area contributed by atoms with Crippen LogP contribution in [0.5, 0.6) is 0 Å². The van der Waals surface area contributed by atoms with Crippen molar-refractivity contribution in [2.24, 2.45) is 0 Å². The molecule has 0 saturated heterocycles. The number of nitrogens with one attached hydrogen (secondary N) is 1. The van der Waals surface area contributed by atoms with E-state index in [0.717, 1.165) is 10.4 Å². The molecule has 0 aliphatic rings. The molecule has 2 rings (SSSR count). The molecular weight excluding hydrogens is 234 g/mol. The number of benzene rings is 1. The van der Waals surface area contributed by atoms with Crippen molar-refractivity contribution in [1.82, 2.24) is 4.98 Å². The van der Waals surface area contributed by atoms with Crippen molar-refractivity contribution in [2.75, 3.05) is 0 Å². The Balaban J connectivity index is 2.62. The summed E-state index contributed by atoms with van der Waals surface area (Å²) in [4.78, 5) is 4.65. The van der Waals surface area contributed by atoms with Gasteiger partial charge in [0.25, 0.3) is 0 Å². The van der Waals surface area contributed by atoms with Crippen LogP contribution < -0.4 is 0 Å². The Bertz CT molecular complexity index is 564. The average molecular weight is 249 g/mol. The third-order valence-electron chi connectivity index (χ3n) is 2.69. The summed E-state index contributed by atoms with van der Waals surface area (Å²) in [5, 5.41) is 0. The van der Waals surface area contributed by atoms with Crippen molar-refractivity contribution in [3.05, 3.63) is 38.2 Å². The lowest BCUT2D eigenvalue weighted by atomic mass is 10.0. The van der Waals surface area contributed by atoms with Crippen molar-refractivity contribution in [3.63, 3.8) is 0 Å². The minimum Gasteiger partial charge on any atom is -0.337 e. The largest absolute Gasteiger partial charge is 0.337 e. The summed E-state index contributed by atoms with van der Waals surface area (Å²) < 4.78 is 0.867. The van der Waals surface area contributed by atoms with Crippen LogP contribution in [0.2, 0.25) is 0 Å². The molecular formula is C13H15NS2. The fraction of sp³-hybridized carbons (Fsp3) is 0.308. The van der Waals surface area contributed by atoms with Gasteiger partial charge in [-0.05, 0) is 38.0 Å². The molecule has 0 aliphatic heterocycles. The van der Waals surface area contributed by atoms with Gasteiger partial charge < -0.3 is 4.98 Å². The standard InChI is InChI=1S/C13H15NS2/c1-4-11-12(14-13(15)16-11)10-6-5-8(2)7-9(10)3/h5-7H,4H2,1-3H3,(H,14,15). The van der Waals surface area contributed by atoms with Gasteiger partial charge in [-0.1, -0.05) is 30.7 Å². The van der Waals surface area contributed by atoms with Crippen LogP contribution in [0.3, 0.4) is 0 Å². The summed E-state index contributed by atoms with van der Waals surface area (Å²) >= 11 is 6.90. The third kappa shape index (κ3) is 2.11. The Morgan fingerprint density at radius 1 is 1.31 bits per heavy atom. The zero-order valence-corrected chi connectivity index (χ0v) is 11.4. The predicted molar refractivity (Wildman–Crippen MR) is 73.8 cm³/mol. The quantitative estimate of drug-likeness (QED) is 0.766. The van der Waals surface area contributed by atoms with Gasteiger partial charge in [-0.25, -0.2) is 0 Å². The Morgan fingerprint density at radius 3 is 2.69 bits per heavy atom. The van der Waals surface area contributed by atoms with Gasteiger partial charge in [-0.15, -0.1) is 11.3 Å². The molecule has 1 aromatic carbocycles. The van der Waals surface area contributed by atoms with Gasteiger partial charge in [-0.2, -0.15) is 0 Å². The highest BCUT2D eigenvalue weighted by atomic mass is 32.1. The van der Waals surface area contributed by atoms with E-state index in [4.69, 9.17) is 12.2 Å². The minimum absolute atomic E-state index is 0.867. The monoisotopic (exact) mass is 249 g/mol. The number of hydrogen-bond donors (Lipinski definition) is 1. The summed E-state index contributed by atoms with van der Waals surface area (Å²) in [6.45, 7) is 6.44. The van der Waals surface area contributed by atoms with Crippen LogP contribution in [-0.2, 0) is 6.42 Å². The van der Waals surface area contributed by atoms with Gasteiger partial charge in [0.1, 0.15) is 0 Å². The van der Waals surface area contributed by atoms with Crippen LogP contribution >= 0.6 is 23.6 Å². The number of rotatable bonds is 2. The second kappa shape index (κ2) is 4.52. The van der Waals surface area contributed by atoms with Crippen LogP contribution in [0.15, 0.2) is 18.2 Å². The highest BCUT2D eigenvalue weighted by Crippen LogP contribution is 2.29. The van der Waals surface area contributed by atoms with Crippen LogP contribution in [0, 0.1) is 17.8 Å². The predicted octanol–water partition coefficient (Wildman–Crippen LogP) is 4.65. The SMILES string of the molecule is CCc1sc(=S)[nH]c1-c1ccc(C)cc1C. The van der Waals surface area contributed by atoms with Crippen LogP contribution in [-0.4, -0.2) is 4.98 Å². The summed E-state index contributed by atoms with van der Waals surface area (Å²) in [6, 6.07) is 6.54. The number of aryl methyl sites for hydroxylation is 3. The molecule has 1 heterocycles. The lowest BCUT2D eigenvalue weighted by molar-refractivity contribution is 1.16. The maximum absolute atomic E-state index is 5.22. The molecule has 0 aliphatic carbocycles. The maximum atomic E-state index is 5.22. The lowest BCUT2D eigenvalue weighted by Gasteiger charge is -2.06. The molecule has 16 heavy (non-hydrogen) atoms. The topological polar surface area (TPSA) is 15.8 Å². The normalized spacial score (nSPS) is 10.7. The maximum Gasteiger partial charge on any atom is 0.159 e. The van der Waals surface area contributed by atoms with Crippen LogP contribution in [0.25, 0.3) is 11.3 Å². The summed E-state index contributed by atoms with van der Waals surface area (Å²) in [6.07, 6.45) is 1.03. The summed E-state index contributed by atoms with van der Waals surface area (Å²) in [5.74, 6) is 0. The zero-order valence-electron chi connectivity index (χ0n) is 9.76. The van der Waals surface area contributed by atoms with E-state index in [2.05, 4.69) is 44.0 Å². The van der Waals surface area contributed by atoms with E-state index in [9.17, 15) is 0 Å². The van der Waals surface area contributed by atoms with Crippen LogP contribution in [0.1, 0.15) is 22.9 Å². The molecule has 0 amide bonds. The van der Waals surface area contributed by atoms with E-state index in [0.29, 0.717) is 0 Å². The van der Waals surface area contributed by atoms with Gasteiger partial charge in [0.15, 0.2) is 3.95 Å². The summed E-state index contributed by atoms with van der Waals surface area (Å²) in [5.41, 5.74) is 5.08. The van der Waals surface area contributed by atoms with E-state index >= 15 is 0 Å². The van der Waals surface area contributed by atoms with Gasteiger partial charge >= 0.3 is 0 Å². The first-order valence-corrected chi connectivity index (χ1v) is 6.64. The van der Waals surface area contributed by atoms with Gasteiger partial charge in [0, 0.05) is 10.4 Å². The van der Waals surface area contributed by atoms with Crippen LogP contribution in [0.4, 0.5) is 0 Å². The first-order valence-electron chi connectivity index (χ1n) is 5.41. The minimum atomic E-state index is 0.867. The molecule has 84 valence electrons. The summed E-state index contributed by atoms with van der Waals surface area (Å²) in [7, 11) is 0. The van der Waals surface area contributed by atoms with Gasteiger partial charge in [-0.3, -0.25) is 0 Å². The van der Waals surface area contributed by atoms with E-state index in [1.165, 1.54) is 27.3 Å². The lowest BCUT2D eigenvalue weighted by Crippen LogP contribution is -1.88. The van der Waals surface area contributed by atoms with E-state index in [-0.39, 0.29) is 0 Å². The average Bonchev–Trinajstić information content (AvgIpc) is 2.59. The smallest absolute Gasteiger partial charge is 0.159 e. The zero-order chi connectivity index (χ0) is 11.7. The molecule has 0 radical (unpaired) electrons. The van der Waals surface area contributed by atoms with Gasteiger partial charge in [0.05, 0.1) is 5.69 Å². The molecule has 0 saturated carbocycles. The first-order chi connectivity index (χ1) is 7.61. The fourth-order valence-corrected chi connectivity index (χ4v) is 3.11. The van der Waals surface area contributed by atoms with E-state index in [1.807, 2.05) is 0 Å². The highest BCUT2D eigenvalue weighted by Gasteiger charge is 2.09. The highest BCUT2D eigenvalue weighted by molar-refractivity contribution is 7.73. The number of aromatic nitrogens is 1. The molecule has 2 aromatic rings. The molecule has 0 atom stereocenters. The van der Waals surface area contributed by atoms with Crippen molar-refractivity contribution < 1.29 is 0 Å². The Kier molecular flexibility index (Phi) is 3.26. The number of thiazole rings is 1. The van der Waals surface area contributed by atoms with Crippen molar-refractivity contribution in [2.45, 2.75) is 27.2 Å². The molecule has 0 fully saturated rings. The molecule has 0 spiro atoms. The number of hydrogen-bond acceptors (Lipinski definition) is 2. The van der Waals surface area contributed by atoms with Crippen molar-refractivity contribution in [1.29, 1.82) is 0 Å². The third-order valence-corrected chi connectivity index (χ3v) is 4.07. The second-order valence-electron chi connectivity index (χ2n) is 3.98. The van der Waals surface area contributed by atoms with Crippen molar-refractivity contribution in [3.8, 4) is 11.3 Å². The van der Waals surface area contributed by atoms with E-state index in [1.54, 1.807) is 11.3 Å². The molecule has 3 heteroatoms. The Hall–Kier alpha value is -0.930. The Morgan fingerprint density at radius 2 is 2.06 bits per heavy atom. The van der Waals surface area contributed by atoms with Gasteiger partial charge in [0.2, 0.25) is 0 Å². The van der Waals surface area contributed by atoms with E-state index < -0.39 is 0 Å².